The lowest BCUT2D eigenvalue weighted by Gasteiger charge is -2.08. The van der Waals surface area contributed by atoms with Gasteiger partial charge in [-0.05, 0) is 42.5 Å². The highest BCUT2D eigenvalue weighted by molar-refractivity contribution is 5.85. The zero-order chi connectivity index (χ0) is 26.4. The molecule has 0 amide bonds. The van der Waals surface area contributed by atoms with Crippen molar-refractivity contribution < 1.29 is 27.8 Å². The second-order valence-electron chi connectivity index (χ2n) is 8.81. The largest absolute Gasteiger partial charge is 0.497 e. The molecular weight excluding hydrogens is 484 g/mol. The standard InChI is InChI=1S/C30H26N2O6/c1-32-18(12-30-24(32)16-28(38-30)22-14-20(34-3)7-9-26(22)36-5)10-17-11-29-23(31-17)15-27(37-29)21-13-19(33-2)6-8-25(21)35-4/h6-16H,1-5H3/b17-10-. The first-order valence-corrected chi connectivity index (χ1v) is 12.0. The molecule has 6 rings (SSSR count). The van der Waals surface area contributed by atoms with E-state index in [0.717, 1.165) is 50.5 Å². The Morgan fingerprint density at radius 1 is 0.737 bits per heavy atom. The number of rotatable bonds is 7. The number of hydrogen-bond donors (Lipinski definition) is 0. The molecule has 1 aliphatic rings. The maximum Gasteiger partial charge on any atom is 0.155 e. The van der Waals surface area contributed by atoms with E-state index in [4.69, 9.17) is 32.8 Å². The molecule has 5 aromatic rings. The minimum Gasteiger partial charge on any atom is -0.497 e. The van der Waals surface area contributed by atoms with Gasteiger partial charge in [0.15, 0.2) is 11.0 Å². The predicted molar refractivity (Wildman–Crippen MR) is 144 cm³/mol. The summed E-state index contributed by atoms with van der Waals surface area (Å²) >= 11 is 0. The molecule has 0 spiro atoms. The van der Waals surface area contributed by atoms with Crippen molar-refractivity contribution in [3.63, 3.8) is 0 Å². The maximum absolute atomic E-state index is 6.21. The summed E-state index contributed by atoms with van der Waals surface area (Å²) in [4.78, 5) is 4.76. The summed E-state index contributed by atoms with van der Waals surface area (Å²) in [5, 5.41) is 0.765. The highest BCUT2D eigenvalue weighted by Crippen LogP contribution is 2.38. The maximum atomic E-state index is 6.21. The van der Waals surface area contributed by atoms with Crippen LogP contribution in [0, 0.1) is 0 Å². The van der Waals surface area contributed by atoms with Crippen molar-refractivity contribution in [1.29, 1.82) is 0 Å². The second kappa shape index (κ2) is 9.23. The van der Waals surface area contributed by atoms with Gasteiger partial charge in [0.05, 0.1) is 50.8 Å². The number of hydrogen-bond acceptors (Lipinski definition) is 7. The number of aromatic nitrogens is 1. The molecule has 0 radical (unpaired) electrons. The average molecular weight is 511 g/mol. The first kappa shape index (κ1) is 23.5. The lowest BCUT2D eigenvalue weighted by Crippen LogP contribution is -2.14. The van der Waals surface area contributed by atoms with Crippen molar-refractivity contribution in [1.82, 2.24) is 4.57 Å². The van der Waals surface area contributed by atoms with E-state index in [2.05, 4.69) is 4.57 Å². The minimum absolute atomic E-state index is 0.668. The molecule has 0 N–H and O–H groups in total. The molecular formula is C30H26N2O6. The van der Waals surface area contributed by atoms with Crippen LogP contribution in [0.25, 0.3) is 45.9 Å². The Hall–Kier alpha value is -4.85. The molecule has 192 valence electrons. The fourth-order valence-corrected chi connectivity index (χ4v) is 4.67. The van der Waals surface area contributed by atoms with Gasteiger partial charge in [-0.1, -0.05) is 0 Å². The zero-order valence-corrected chi connectivity index (χ0v) is 21.7. The summed E-state index contributed by atoms with van der Waals surface area (Å²) in [5.74, 6) is 4.24. The highest BCUT2D eigenvalue weighted by Gasteiger charge is 2.18. The summed E-state index contributed by atoms with van der Waals surface area (Å²) < 4.78 is 36.2. The number of allylic oxidation sites excluding steroid dienone is 1. The van der Waals surface area contributed by atoms with Gasteiger partial charge in [-0.25, -0.2) is 4.99 Å². The highest BCUT2D eigenvalue weighted by atomic mass is 16.5. The van der Waals surface area contributed by atoms with Crippen molar-refractivity contribution in [2.45, 2.75) is 0 Å². The van der Waals surface area contributed by atoms with Crippen LogP contribution < -0.4 is 29.7 Å². The predicted octanol–water partition coefficient (Wildman–Crippen LogP) is 5.19. The first-order chi connectivity index (χ1) is 18.5. The molecule has 0 saturated carbocycles. The van der Waals surface area contributed by atoms with Gasteiger partial charge in [0.2, 0.25) is 0 Å². The van der Waals surface area contributed by atoms with Crippen LogP contribution >= 0.6 is 0 Å². The Labute approximate surface area is 218 Å². The second-order valence-corrected chi connectivity index (χ2v) is 8.81. The van der Waals surface area contributed by atoms with Gasteiger partial charge in [-0.3, -0.25) is 0 Å². The van der Waals surface area contributed by atoms with Crippen molar-refractivity contribution in [2.24, 2.45) is 12.0 Å². The molecule has 0 saturated heterocycles. The van der Waals surface area contributed by atoms with Crippen LogP contribution in [0.4, 0.5) is 0 Å². The van der Waals surface area contributed by atoms with E-state index in [-0.39, 0.29) is 0 Å². The van der Waals surface area contributed by atoms with E-state index in [0.29, 0.717) is 28.4 Å². The molecule has 4 heterocycles. The molecule has 0 aliphatic carbocycles. The Morgan fingerprint density at radius 2 is 1.37 bits per heavy atom. The summed E-state index contributed by atoms with van der Waals surface area (Å²) in [6, 6.07) is 17.1. The van der Waals surface area contributed by atoms with Gasteiger partial charge in [0.25, 0.3) is 0 Å². The SMILES string of the molecule is COc1ccc(OC)c(-c2cc3c(o2)=C/C(=C/c2cc4oc(-c5cc(OC)ccc5OC)cc4n2C)N=3)c1. The van der Waals surface area contributed by atoms with E-state index in [9.17, 15) is 0 Å². The number of fused-ring (bicyclic) bond motifs is 2. The van der Waals surface area contributed by atoms with Gasteiger partial charge in [0, 0.05) is 37.0 Å². The van der Waals surface area contributed by atoms with Gasteiger partial charge < -0.3 is 32.3 Å². The Bertz CT molecular complexity index is 1800. The fraction of sp³-hybridized carbons (Fsp3) is 0.167. The Kier molecular flexibility index (Phi) is 5.72. The van der Waals surface area contributed by atoms with Gasteiger partial charge in [-0.2, -0.15) is 0 Å². The van der Waals surface area contributed by atoms with Crippen LogP contribution in [0.5, 0.6) is 23.0 Å². The lowest BCUT2D eigenvalue weighted by molar-refractivity contribution is 0.403. The molecule has 2 aromatic carbocycles. The van der Waals surface area contributed by atoms with Crippen molar-refractivity contribution >= 4 is 23.3 Å². The number of furan rings is 2. The Morgan fingerprint density at radius 3 is 1.92 bits per heavy atom. The summed E-state index contributed by atoms with van der Waals surface area (Å²) in [5.41, 5.74) is 5.80. The molecule has 0 unspecified atom stereocenters. The summed E-state index contributed by atoms with van der Waals surface area (Å²) in [7, 11) is 8.53. The molecule has 0 atom stereocenters. The molecule has 8 heteroatoms. The Balaban J connectivity index is 1.33. The van der Waals surface area contributed by atoms with Gasteiger partial charge >= 0.3 is 0 Å². The van der Waals surface area contributed by atoms with E-state index >= 15 is 0 Å². The fourth-order valence-electron chi connectivity index (χ4n) is 4.67. The third-order valence-corrected chi connectivity index (χ3v) is 6.68. The molecule has 0 bridgehead atoms. The van der Waals surface area contributed by atoms with Crippen LogP contribution in [0.15, 0.2) is 74.1 Å². The van der Waals surface area contributed by atoms with Crippen LogP contribution in [0.3, 0.4) is 0 Å². The van der Waals surface area contributed by atoms with Crippen molar-refractivity contribution in [2.75, 3.05) is 28.4 Å². The van der Waals surface area contributed by atoms with Gasteiger partial charge in [0.1, 0.15) is 39.9 Å². The number of aryl methyl sites for hydroxylation is 1. The quantitative estimate of drug-likeness (QED) is 0.300. The van der Waals surface area contributed by atoms with Crippen molar-refractivity contribution in [3.8, 4) is 45.6 Å². The third-order valence-electron chi connectivity index (χ3n) is 6.68. The van der Waals surface area contributed by atoms with Crippen LogP contribution in [-0.2, 0) is 7.05 Å². The van der Waals surface area contributed by atoms with E-state index in [1.165, 1.54) is 0 Å². The number of ether oxygens (including phenoxy) is 4. The third kappa shape index (κ3) is 3.91. The minimum atomic E-state index is 0.668. The lowest BCUT2D eigenvalue weighted by atomic mass is 10.1. The molecule has 38 heavy (non-hydrogen) atoms. The number of benzene rings is 2. The first-order valence-electron chi connectivity index (χ1n) is 12.0. The topological polar surface area (TPSA) is 80.5 Å². The van der Waals surface area contributed by atoms with E-state index < -0.39 is 0 Å². The molecule has 3 aromatic heterocycles. The van der Waals surface area contributed by atoms with Crippen molar-refractivity contribution in [3.05, 3.63) is 76.8 Å². The van der Waals surface area contributed by atoms with E-state index in [1.807, 2.05) is 73.8 Å². The normalized spacial score (nSPS) is 13.3. The number of nitrogens with zero attached hydrogens (tertiary/aromatic N) is 2. The van der Waals surface area contributed by atoms with Crippen LogP contribution in [-0.4, -0.2) is 33.0 Å². The average Bonchev–Trinajstić information content (AvgIpc) is 3.69. The monoisotopic (exact) mass is 510 g/mol. The van der Waals surface area contributed by atoms with Gasteiger partial charge in [-0.15, -0.1) is 0 Å². The van der Waals surface area contributed by atoms with Crippen LogP contribution in [0.1, 0.15) is 5.69 Å². The zero-order valence-electron chi connectivity index (χ0n) is 21.7. The van der Waals surface area contributed by atoms with Crippen LogP contribution in [0.2, 0.25) is 0 Å². The summed E-state index contributed by atoms with van der Waals surface area (Å²) in [6.07, 6.45) is 3.93. The molecule has 0 fully saturated rings. The smallest absolute Gasteiger partial charge is 0.155 e. The van der Waals surface area contributed by atoms with E-state index in [1.54, 1.807) is 28.4 Å². The summed E-state index contributed by atoms with van der Waals surface area (Å²) in [6.45, 7) is 0. The number of methoxy groups -OCH3 is 4. The molecule has 1 aliphatic heterocycles. The molecule has 8 nitrogen and oxygen atoms in total.